The van der Waals surface area contributed by atoms with Gasteiger partial charge >= 0.3 is 17.9 Å². The van der Waals surface area contributed by atoms with Crippen LogP contribution in [0.1, 0.15) is 28.8 Å². The van der Waals surface area contributed by atoms with E-state index in [1.165, 1.54) is 68.7 Å². The summed E-state index contributed by atoms with van der Waals surface area (Å²) in [7, 11) is 2.53. The maximum absolute atomic E-state index is 13.3. The lowest BCUT2D eigenvalue weighted by molar-refractivity contribution is -0.143. The molecule has 4 aromatic rings. The van der Waals surface area contributed by atoms with E-state index in [1.807, 2.05) is 12.5 Å². The number of aromatic carboxylic acids is 1. The van der Waals surface area contributed by atoms with Crippen LogP contribution in [0.3, 0.4) is 0 Å². The largest absolute Gasteiger partial charge is 0.478 e. The van der Waals surface area contributed by atoms with E-state index in [9.17, 15) is 29.1 Å². The molecule has 0 saturated heterocycles. The first-order valence-corrected chi connectivity index (χ1v) is 17.3. The van der Waals surface area contributed by atoms with Gasteiger partial charge in [-0.2, -0.15) is 23.5 Å². The number of ether oxygens (including phenoxy) is 2. The lowest BCUT2D eigenvalue weighted by atomic mass is 9.92. The zero-order valence-electron chi connectivity index (χ0n) is 26.2. The van der Waals surface area contributed by atoms with Crippen molar-refractivity contribution in [2.24, 2.45) is 4.99 Å². The normalized spacial score (nSPS) is 13.1. The van der Waals surface area contributed by atoms with Gasteiger partial charge in [-0.05, 0) is 72.8 Å². The van der Waals surface area contributed by atoms with E-state index in [-0.39, 0.29) is 27.5 Å². The van der Waals surface area contributed by atoms with Crippen LogP contribution in [-0.4, -0.2) is 79.5 Å². The van der Waals surface area contributed by atoms with Crippen LogP contribution in [0, 0.1) is 0 Å². The van der Waals surface area contributed by atoms with Gasteiger partial charge in [-0.15, -0.1) is 0 Å². The van der Waals surface area contributed by atoms with E-state index in [1.54, 1.807) is 30.0 Å². The molecule has 0 amide bonds. The van der Waals surface area contributed by atoms with E-state index in [2.05, 4.69) is 10.3 Å². The summed E-state index contributed by atoms with van der Waals surface area (Å²) in [6, 6.07) is 10.4. The maximum atomic E-state index is 13.3. The van der Waals surface area contributed by atoms with Gasteiger partial charge in [0, 0.05) is 28.8 Å². The van der Waals surface area contributed by atoms with Crippen LogP contribution in [0.2, 0.25) is 0 Å². The molecule has 47 heavy (non-hydrogen) atoms. The Labute approximate surface area is 278 Å². The number of thioether (sulfide) groups is 2. The van der Waals surface area contributed by atoms with Crippen molar-refractivity contribution < 1.29 is 33.4 Å². The average Bonchev–Trinajstić information content (AvgIpc) is 3.08. The van der Waals surface area contributed by atoms with Crippen molar-refractivity contribution in [2.75, 3.05) is 38.2 Å². The van der Waals surface area contributed by atoms with E-state index in [0.717, 1.165) is 0 Å². The van der Waals surface area contributed by atoms with E-state index < -0.39 is 40.8 Å². The van der Waals surface area contributed by atoms with Crippen LogP contribution in [0.15, 0.2) is 67.5 Å². The molecule has 0 aliphatic rings. The van der Waals surface area contributed by atoms with Crippen molar-refractivity contribution in [3.05, 3.63) is 85.3 Å². The lowest BCUT2D eigenvalue weighted by Gasteiger charge is -2.16. The van der Waals surface area contributed by atoms with Crippen molar-refractivity contribution in [1.82, 2.24) is 5.32 Å². The molecule has 11 nitrogen and oxygen atoms in total. The molecular weight excluding hydrogens is 645 g/mol. The van der Waals surface area contributed by atoms with Crippen molar-refractivity contribution in [2.45, 2.75) is 24.9 Å². The Morgan fingerprint density at radius 1 is 0.894 bits per heavy atom. The van der Waals surface area contributed by atoms with E-state index >= 15 is 0 Å². The number of hydrogen-bond donors (Lipinski definition) is 2. The first-order chi connectivity index (χ1) is 22.7. The van der Waals surface area contributed by atoms with Crippen molar-refractivity contribution in [3.63, 3.8) is 0 Å². The molecule has 2 N–H and O–H groups in total. The summed E-state index contributed by atoms with van der Waals surface area (Å²) in [5, 5.41) is 13.9. The topological polar surface area (TPSA) is 162 Å². The molecule has 2 unspecified atom stereocenters. The molecule has 13 heteroatoms. The molecule has 0 saturated carbocycles. The number of hydrogen-bond acceptors (Lipinski definition) is 12. The molecule has 0 radical (unpaired) electrons. The second-order valence-electron chi connectivity index (χ2n) is 10.3. The number of fused-ring (bicyclic) bond motifs is 2. The van der Waals surface area contributed by atoms with Gasteiger partial charge < -0.3 is 24.3 Å². The van der Waals surface area contributed by atoms with Gasteiger partial charge in [0.2, 0.25) is 0 Å². The minimum Gasteiger partial charge on any atom is -0.478 e. The summed E-state index contributed by atoms with van der Waals surface area (Å²) in [6.45, 7) is 0. The molecule has 3 aromatic carbocycles. The van der Waals surface area contributed by atoms with Gasteiger partial charge in [-0.25, -0.2) is 14.4 Å². The van der Waals surface area contributed by atoms with E-state index in [0.29, 0.717) is 46.2 Å². The highest BCUT2D eigenvalue weighted by Crippen LogP contribution is 2.37. The minimum atomic E-state index is -1.18. The number of aliphatic imine (C=N–C) groups is 1. The molecule has 0 aliphatic heterocycles. The van der Waals surface area contributed by atoms with Gasteiger partial charge in [0.15, 0.2) is 10.9 Å². The number of carbonyl (C=O) groups excluding carboxylic acids is 2. The monoisotopic (exact) mass is 678 g/mol. The summed E-state index contributed by atoms with van der Waals surface area (Å²) >= 11 is 3.07. The standard InChI is InChI=1S/C34H34N2O9S2/c1-43-33(41)25(13-15-46-3)35-17-23-27(37)11-9-21-29(19-7-5-6-8-20(19)32(39)40)22-10-12-28(38)24(31(22)45-30(21)23)18-36-26(14-16-47-4)34(42)44-2/h5-12,17-18,25-26,35H,13-16H2,1-4H3,(H,39,40). The van der Waals surface area contributed by atoms with Crippen LogP contribution in [0.4, 0.5) is 0 Å². The Morgan fingerprint density at radius 2 is 1.53 bits per heavy atom. The van der Waals surface area contributed by atoms with Crippen LogP contribution in [-0.2, 0) is 19.1 Å². The fourth-order valence-corrected chi connectivity index (χ4v) is 6.01. The third-order valence-electron chi connectivity index (χ3n) is 7.46. The number of benzene rings is 3. The quantitative estimate of drug-likeness (QED) is 0.113. The first-order valence-electron chi connectivity index (χ1n) is 14.5. The fraction of sp³-hybridized carbons (Fsp3) is 0.294. The number of methoxy groups -OCH3 is 2. The Kier molecular flexibility index (Phi) is 12.2. The highest BCUT2D eigenvalue weighted by Gasteiger charge is 2.23. The first kappa shape index (κ1) is 35.2. The number of carboxylic acid groups (broad SMARTS) is 1. The zero-order chi connectivity index (χ0) is 34.1. The molecule has 2 atom stereocenters. The van der Waals surface area contributed by atoms with Gasteiger partial charge in [0.25, 0.3) is 0 Å². The molecule has 0 fully saturated rings. The van der Waals surface area contributed by atoms with Crippen molar-refractivity contribution in [1.29, 1.82) is 0 Å². The molecule has 246 valence electrons. The predicted molar refractivity (Wildman–Crippen MR) is 187 cm³/mol. The van der Waals surface area contributed by atoms with Gasteiger partial charge in [-0.1, -0.05) is 18.2 Å². The van der Waals surface area contributed by atoms with Crippen LogP contribution >= 0.6 is 23.5 Å². The third-order valence-corrected chi connectivity index (χ3v) is 8.75. The Morgan fingerprint density at radius 3 is 2.19 bits per heavy atom. The SMILES string of the molecule is COC(=O)C(CCSC)N=Cc1c(=O)ccc2c(-c3ccccc3C(=O)O)c3ccc(=O)c(=CNC(CCSC)C(=O)OC)c3oc12. The number of rotatable bonds is 14. The van der Waals surface area contributed by atoms with Crippen molar-refractivity contribution >= 4 is 75.8 Å². The van der Waals surface area contributed by atoms with Gasteiger partial charge in [0.1, 0.15) is 23.2 Å². The zero-order valence-corrected chi connectivity index (χ0v) is 27.9. The second-order valence-corrected chi connectivity index (χ2v) is 12.3. The number of carbonyl (C=O) groups is 3. The highest BCUT2D eigenvalue weighted by molar-refractivity contribution is 7.98. The molecule has 0 spiro atoms. The van der Waals surface area contributed by atoms with E-state index in [4.69, 9.17) is 13.9 Å². The number of esters is 2. The molecule has 0 aliphatic carbocycles. The highest BCUT2D eigenvalue weighted by atomic mass is 32.2. The lowest BCUT2D eigenvalue weighted by Crippen LogP contribution is -2.37. The van der Waals surface area contributed by atoms with Crippen LogP contribution in [0.5, 0.6) is 0 Å². The second kappa shape index (κ2) is 16.3. The van der Waals surface area contributed by atoms with Crippen LogP contribution in [0.25, 0.3) is 39.3 Å². The summed E-state index contributed by atoms with van der Waals surface area (Å²) in [5.74, 6) is -1.00. The summed E-state index contributed by atoms with van der Waals surface area (Å²) < 4.78 is 16.2. The smallest absolute Gasteiger partial charge is 0.336 e. The average molecular weight is 679 g/mol. The number of nitrogens with one attached hydrogen (secondary N) is 1. The predicted octanol–water partition coefficient (Wildman–Crippen LogP) is 3.73. The summed E-state index contributed by atoms with van der Waals surface area (Å²) in [5.41, 5.74) is -0.122. The molecular formula is C34H34N2O9S2. The number of carboxylic acids is 1. The molecule has 0 bridgehead atoms. The summed E-state index contributed by atoms with van der Waals surface area (Å²) in [6.07, 6.45) is 7.21. The van der Waals surface area contributed by atoms with Crippen LogP contribution < -0.4 is 21.4 Å². The maximum Gasteiger partial charge on any atom is 0.336 e. The molecule has 1 heterocycles. The van der Waals surface area contributed by atoms with Gasteiger partial charge in [-0.3, -0.25) is 14.6 Å². The Bertz CT molecular complexity index is 2010. The third kappa shape index (κ3) is 7.86. The minimum absolute atomic E-state index is 0.000806. The van der Waals surface area contributed by atoms with Gasteiger partial charge in [0.05, 0.1) is 30.6 Å². The molecule has 4 rings (SSSR count). The summed E-state index contributed by atoms with van der Waals surface area (Å²) in [4.78, 5) is 68.4. The molecule has 1 aromatic heterocycles. The fourth-order valence-electron chi connectivity index (χ4n) is 5.07. The Hall–Kier alpha value is -4.62. The Balaban J connectivity index is 2.11. The van der Waals surface area contributed by atoms with Crippen molar-refractivity contribution in [3.8, 4) is 11.1 Å². The number of nitrogens with zero attached hydrogens (tertiary/aromatic N) is 1.